The molecule has 0 saturated carbocycles. The first-order valence-electron chi connectivity index (χ1n) is 45.4. The van der Waals surface area contributed by atoms with E-state index in [0.717, 1.165) is 35.3 Å². The average molecular weight is 2020 g/mol. The van der Waals surface area contributed by atoms with Gasteiger partial charge in [-0.2, -0.15) is 0 Å². The number of rotatable bonds is 20. The van der Waals surface area contributed by atoms with Crippen molar-refractivity contribution in [1.29, 1.82) is 0 Å². The third kappa shape index (κ3) is 30.9. The summed E-state index contributed by atoms with van der Waals surface area (Å²) in [5, 5.41) is 88.0. The van der Waals surface area contributed by atoms with E-state index in [1.165, 1.54) is 87.2 Å². The Hall–Kier alpha value is -13.8. The van der Waals surface area contributed by atoms with Gasteiger partial charge in [-0.25, -0.2) is 0 Å². The van der Waals surface area contributed by atoms with Crippen molar-refractivity contribution in [2.45, 2.75) is 195 Å². The van der Waals surface area contributed by atoms with Crippen molar-refractivity contribution in [3.05, 3.63) is 114 Å². The second-order valence-corrected chi connectivity index (χ2v) is 40.1. The lowest BCUT2D eigenvalue weighted by Crippen LogP contribution is -2.62. The van der Waals surface area contributed by atoms with Gasteiger partial charge in [-0.1, -0.05) is 106 Å². The Morgan fingerprint density at radius 3 is 1.55 bits per heavy atom. The van der Waals surface area contributed by atoms with Crippen LogP contribution >= 0.6 is 35.3 Å². The Morgan fingerprint density at radius 2 is 0.972 bits per heavy atom. The SMILES string of the molecule is C[C@H](N)CN[C@H]1CSCC(=O)N2CC3CN4CC5(CC3N(C5)C(=O)CSC[C@@H](C(N)=O)NC(=O)[C@H](C(C)(C)C)NC(=O)[C@H](CC(=O)O)NC(=O)[C@H](Cc3ccc(O)cc3)NC(=O)[C@H](Cc3ccccc3)NC(=O)[C@H](CC(=O)O)NC(=O)[C@@H]3CC(C(=O)O)[C@@H](NC(=O)[C@H](Cc5cccc6ccccc56)NC(=O)[C@H](CCC(=O)O)NC(=O)[C@H](CC(N)=O)NC(=O)[C@@H](C)NC1=O)C(=O)N[C@@H](CSCC4=O)C(=O)N3)C2. The number of phenols is 1. The largest absolute Gasteiger partial charge is 0.508 e. The fourth-order valence-corrected chi connectivity index (χ4v) is 20.3. The number of amides is 18. The maximum Gasteiger partial charge on any atom is 0.309 e. The number of phenolic OH excluding ortho intramolecular Hbond substituents is 1. The summed E-state index contributed by atoms with van der Waals surface area (Å²) < 4.78 is 0. The Kier molecular flexibility index (Phi) is 38.3. The number of aliphatic carboxylic acids is 4. The lowest BCUT2D eigenvalue weighted by molar-refractivity contribution is -0.147. The fourth-order valence-electron chi connectivity index (χ4n) is 17.5. The van der Waals surface area contributed by atoms with E-state index in [4.69, 9.17) is 17.2 Å². The van der Waals surface area contributed by atoms with Crippen LogP contribution in [0.3, 0.4) is 0 Å². The van der Waals surface area contributed by atoms with Crippen molar-refractivity contribution < 1.29 is 131 Å². The molecule has 8 aliphatic heterocycles. The van der Waals surface area contributed by atoms with Crippen molar-refractivity contribution in [3.63, 3.8) is 0 Å². The lowest BCUT2D eigenvalue weighted by atomic mass is 9.85. The molecule has 762 valence electrons. The summed E-state index contributed by atoms with van der Waals surface area (Å²) in [6, 6.07) is -4.59. The minimum Gasteiger partial charge on any atom is -0.508 e. The van der Waals surface area contributed by atoms with Crippen LogP contribution in [0.4, 0.5) is 0 Å². The van der Waals surface area contributed by atoms with Crippen LogP contribution in [0.1, 0.15) is 96.3 Å². The highest BCUT2D eigenvalue weighted by molar-refractivity contribution is 8.00. The number of thioether (sulfide) groups is 3. The molecule has 9 bridgehead atoms. The highest BCUT2D eigenvalue weighted by Gasteiger charge is 2.57. The zero-order chi connectivity index (χ0) is 103. The highest BCUT2D eigenvalue weighted by Crippen LogP contribution is 2.46. The van der Waals surface area contributed by atoms with Crippen molar-refractivity contribution >= 4 is 176 Å². The van der Waals surface area contributed by atoms with Crippen LogP contribution in [0.15, 0.2) is 97.1 Å². The summed E-state index contributed by atoms with van der Waals surface area (Å²) in [6.07, 6.45) is -8.09. The molecule has 0 aromatic heterocycles. The zero-order valence-electron chi connectivity index (χ0n) is 77.7. The Balaban J connectivity index is 1.10. The number of nitrogens with one attached hydrogen (secondary N) is 14. The van der Waals surface area contributed by atoms with Gasteiger partial charge in [0.15, 0.2) is 0 Å². The van der Waals surface area contributed by atoms with E-state index in [9.17, 15) is 87.9 Å². The second-order valence-electron chi connectivity index (χ2n) is 37.0. The van der Waals surface area contributed by atoms with E-state index in [2.05, 4.69) is 74.4 Å². The van der Waals surface area contributed by atoms with Crippen molar-refractivity contribution in [3.8, 4) is 5.75 Å². The summed E-state index contributed by atoms with van der Waals surface area (Å²) in [5.74, 6) is -33.7. The van der Waals surface area contributed by atoms with E-state index >= 15 is 43.2 Å². The predicted molar refractivity (Wildman–Crippen MR) is 507 cm³/mol. The second kappa shape index (κ2) is 49.4. The standard InChI is InChI=1S/C91H118N20O27S3/c1-44(92)32-95-63-36-140-38-67(114)109-33-50-34-110-42-91(41-109)31-65(50)111(43-91)69(116)40-139-35-62(75(94)123)105-88(136)74(90(3,4)5)108-84(132)61(30-72(121)122)104-79(127)56(25-47-18-20-51(112)21-19-47)99-78(126)55(24-46-12-7-6-8-13-46)100-82(130)60(29-71(119)120)103-80(128)58-27-53(89(137)138)73(87(135)106-64(86(134)102-58)37-141-39-68(110)115)107-83(131)57(26-49-16-11-15-48-14-9-10-17-52(48)49)101-77(125)54(22-23-70(117)118)97-81(129)59(28-66(93)113)98-76(124)45(2)96-85(63)133/h6-21,44-45,50,53-65,73-74,95,112H,22-43,92H2,1-5H3,(H2,93,113)(H2,94,123)(H,96,133)(H,97,129)(H,98,124)(H,99,126)(H,100,130)(H,101,125)(H,102,134)(H,103,128)(H,104,127)(H,105,136)(H,106,135)(H,107,131)(H,108,132)(H,117,118)(H,119,120)(H,121,122)(H,137,138)/t44-,45+,50?,53?,54-,55-,56-,57-,58-,59-,60-,61-,62-,63-,64-,65?,73+,74+,91?/m0/s1. The summed E-state index contributed by atoms with van der Waals surface area (Å²) in [4.78, 5) is 324. The first-order chi connectivity index (χ1) is 66.6. The van der Waals surface area contributed by atoms with E-state index in [1.807, 2.05) is 0 Å². The minimum atomic E-state index is -2.50. The highest BCUT2D eigenvalue weighted by atomic mass is 32.2. The summed E-state index contributed by atoms with van der Waals surface area (Å²) >= 11 is 2.59. The van der Waals surface area contributed by atoms with Crippen LogP contribution in [-0.2, 0) is 125 Å². The molecule has 50 heteroatoms. The summed E-state index contributed by atoms with van der Waals surface area (Å²) in [6.45, 7) is 6.71. The number of nitrogens with two attached hydrogens (primary N) is 3. The number of aromatic hydroxyl groups is 1. The molecule has 4 aromatic rings. The number of primary amides is 2. The first-order valence-corrected chi connectivity index (χ1v) is 48.8. The van der Waals surface area contributed by atoms with Crippen LogP contribution in [-0.4, -0.2) is 341 Å². The van der Waals surface area contributed by atoms with E-state index < -0.39 is 319 Å². The molecule has 0 aliphatic carbocycles. The van der Waals surface area contributed by atoms with Crippen LogP contribution in [0, 0.1) is 22.7 Å². The van der Waals surface area contributed by atoms with Gasteiger partial charge in [0.2, 0.25) is 106 Å². The molecule has 18 amide bonds. The molecule has 141 heavy (non-hydrogen) atoms. The molecule has 19 atom stereocenters. The fraction of sp³-hybridized carbons (Fsp3) is 0.516. The van der Waals surface area contributed by atoms with Crippen LogP contribution < -0.4 is 91.6 Å². The quantitative estimate of drug-likeness (QED) is 0.0366. The third-order valence-corrected chi connectivity index (χ3v) is 27.8. The van der Waals surface area contributed by atoms with E-state index in [0.29, 0.717) is 10.8 Å². The predicted octanol–water partition coefficient (Wildman–Crippen LogP) is -6.36. The summed E-state index contributed by atoms with van der Waals surface area (Å²) in [7, 11) is 0. The Labute approximate surface area is 820 Å². The molecule has 0 radical (unpaired) electrons. The zero-order valence-corrected chi connectivity index (χ0v) is 80.2. The van der Waals surface area contributed by atoms with Gasteiger partial charge in [0.05, 0.1) is 48.5 Å². The lowest BCUT2D eigenvalue weighted by Gasteiger charge is -2.45. The van der Waals surface area contributed by atoms with Crippen molar-refractivity contribution in [2.75, 3.05) is 73.8 Å². The number of hydrogen-bond donors (Lipinski definition) is 22. The van der Waals surface area contributed by atoms with Gasteiger partial charge in [-0.3, -0.25) is 105 Å². The molecule has 4 unspecified atom stereocenters. The van der Waals surface area contributed by atoms with Gasteiger partial charge < -0.3 is 132 Å². The molecular formula is C91H118N20O27S3. The number of nitrogens with zero attached hydrogens (tertiary/aromatic N) is 3. The molecule has 8 aliphatic rings. The smallest absolute Gasteiger partial charge is 0.309 e. The topological polar surface area (TPSA) is 733 Å². The average Bonchev–Trinajstić information content (AvgIpc) is 1.58. The monoisotopic (exact) mass is 2020 g/mol. The van der Waals surface area contributed by atoms with Crippen LogP contribution in [0.5, 0.6) is 5.75 Å². The van der Waals surface area contributed by atoms with Gasteiger partial charge >= 0.3 is 23.9 Å². The normalized spacial score (nSPS) is 28.0. The number of carbonyl (C=O) groups excluding carboxylic acids is 18. The van der Waals surface area contributed by atoms with Crippen molar-refractivity contribution in [1.82, 2.24) is 89.1 Å². The number of fused-ring (bicyclic) bond motifs is 40. The van der Waals surface area contributed by atoms with Gasteiger partial charge in [-0.05, 0) is 78.1 Å². The molecular weight excluding hydrogens is 1900 g/mol. The van der Waals surface area contributed by atoms with E-state index in [-0.39, 0.29) is 91.1 Å². The number of carboxylic acids is 4. The molecule has 8 saturated heterocycles. The molecule has 25 N–H and O–H groups in total. The number of carboxylic acid groups (broad SMARTS) is 4. The number of hydrogen-bond acceptors (Lipinski definition) is 28. The molecule has 1 spiro atoms. The van der Waals surface area contributed by atoms with Gasteiger partial charge in [0.25, 0.3) is 0 Å². The van der Waals surface area contributed by atoms with Gasteiger partial charge in [0.1, 0.15) is 84.3 Å². The Morgan fingerprint density at radius 1 is 0.482 bits per heavy atom. The third-order valence-electron chi connectivity index (χ3n) is 24.7. The van der Waals surface area contributed by atoms with Gasteiger partial charge in [0, 0.05) is 106 Å². The van der Waals surface area contributed by atoms with Crippen molar-refractivity contribution in [2.24, 2.45) is 39.9 Å². The molecule has 47 nitrogen and oxygen atoms in total. The minimum absolute atomic E-state index is 0.0129. The first kappa shape index (κ1) is 109. The Bertz CT molecular complexity index is 5420. The van der Waals surface area contributed by atoms with Crippen LogP contribution in [0.2, 0.25) is 0 Å². The number of carbonyl (C=O) groups is 22. The maximum absolute atomic E-state index is 15.8. The molecule has 8 heterocycles. The maximum atomic E-state index is 15.8. The molecule has 4 aromatic carbocycles. The van der Waals surface area contributed by atoms with E-state index in [1.54, 1.807) is 59.2 Å². The number of benzene rings is 4. The van der Waals surface area contributed by atoms with Crippen LogP contribution in [0.25, 0.3) is 10.8 Å². The molecule has 8 fully saturated rings. The van der Waals surface area contributed by atoms with Gasteiger partial charge in [-0.15, -0.1) is 35.3 Å². The summed E-state index contributed by atoms with van der Waals surface area (Å²) in [5.41, 5.74) is 16.0. The molecule has 12 rings (SSSR count).